The lowest BCUT2D eigenvalue weighted by molar-refractivity contribution is 0.0802. The van der Waals surface area contributed by atoms with Crippen LogP contribution in [0.4, 0.5) is 0 Å². The quantitative estimate of drug-likeness (QED) is 0.648. The van der Waals surface area contributed by atoms with Gasteiger partial charge in [0, 0.05) is 12.5 Å². The van der Waals surface area contributed by atoms with Crippen LogP contribution in [0, 0.1) is 0 Å². The van der Waals surface area contributed by atoms with Crippen LogP contribution in [0.25, 0.3) is 0 Å². The summed E-state index contributed by atoms with van der Waals surface area (Å²) in [6.07, 6.45) is 0.360. The topological polar surface area (TPSA) is 60.7 Å². The molecule has 0 saturated carbocycles. The molecule has 3 N–H and O–H groups in total. The zero-order valence-corrected chi connectivity index (χ0v) is 7.78. The summed E-state index contributed by atoms with van der Waals surface area (Å²) in [5.74, 6) is 0.0409. The average molecular weight is 182 g/mol. The van der Waals surface area contributed by atoms with E-state index in [1.807, 2.05) is 0 Å². The number of phenols is 2. The minimum absolute atomic E-state index is 0.0159. The van der Waals surface area contributed by atoms with Gasteiger partial charge in [-0.05, 0) is 25.5 Å². The highest BCUT2D eigenvalue weighted by Gasteiger charge is 2.15. The van der Waals surface area contributed by atoms with E-state index in [4.69, 9.17) is 5.11 Å². The molecule has 0 fully saturated rings. The molecule has 0 radical (unpaired) electrons. The molecule has 0 spiro atoms. The molecule has 0 atom stereocenters. The predicted molar refractivity (Wildman–Crippen MR) is 49.8 cm³/mol. The van der Waals surface area contributed by atoms with E-state index in [1.165, 1.54) is 12.1 Å². The lowest BCUT2D eigenvalue weighted by atomic mass is 9.98. The maximum absolute atomic E-state index is 9.49. The Bertz CT molecular complexity index is 300. The fourth-order valence-electron chi connectivity index (χ4n) is 1.17. The smallest absolute Gasteiger partial charge is 0.122 e. The maximum atomic E-state index is 9.49. The molecule has 1 aromatic rings. The maximum Gasteiger partial charge on any atom is 0.122 e. The summed E-state index contributed by atoms with van der Waals surface area (Å²) in [7, 11) is 0. The Morgan fingerprint density at radius 3 is 2.31 bits per heavy atom. The van der Waals surface area contributed by atoms with Crippen molar-refractivity contribution in [2.24, 2.45) is 0 Å². The van der Waals surface area contributed by atoms with Crippen LogP contribution in [0.1, 0.15) is 19.4 Å². The summed E-state index contributed by atoms with van der Waals surface area (Å²) < 4.78 is 0. The molecule has 0 saturated heterocycles. The molecule has 3 nitrogen and oxygen atoms in total. The van der Waals surface area contributed by atoms with Gasteiger partial charge in [-0.3, -0.25) is 0 Å². The number of aliphatic hydroxyl groups is 1. The van der Waals surface area contributed by atoms with E-state index in [-0.39, 0.29) is 11.5 Å². The van der Waals surface area contributed by atoms with Crippen LogP contribution in [0.2, 0.25) is 0 Å². The second-order valence-corrected chi connectivity index (χ2v) is 3.80. The fourth-order valence-corrected chi connectivity index (χ4v) is 1.17. The van der Waals surface area contributed by atoms with Crippen LogP contribution in [-0.4, -0.2) is 20.9 Å². The van der Waals surface area contributed by atoms with Gasteiger partial charge in [0.1, 0.15) is 11.5 Å². The molecule has 0 aromatic heterocycles. The third-order valence-electron chi connectivity index (χ3n) is 1.69. The number of rotatable bonds is 2. The summed E-state index contributed by atoms with van der Waals surface area (Å²) in [6, 6.07) is 4.35. The Labute approximate surface area is 77.3 Å². The van der Waals surface area contributed by atoms with Crippen molar-refractivity contribution in [3.8, 4) is 11.5 Å². The molecule has 72 valence electrons. The highest BCUT2D eigenvalue weighted by Crippen LogP contribution is 2.25. The number of hydrogen-bond donors (Lipinski definition) is 3. The van der Waals surface area contributed by atoms with Crippen molar-refractivity contribution in [2.45, 2.75) is 25.9 Å². The van der Waals surface area contributed by atoms with Gasteiger partial charge in [-0.1, -0.05) is 6.07 Å². The van der Waals surface area contributed by atoms with Gasteiger partial charge in [-0.15, -0.1) is 0 Å². The average Bonchev–Trinajstić information content (AvgIpc) is 1.93. The summed E-state index contributed by atoms with van der Waals surface area (Å²) in [6.45, 7) is 3.33. The number of benzene rings is 1. The Morgan fingerprint density at radius 2 is 1.85 bits per heavy atom. The molecule has 0 aliphatic heterocycles. The van der Waals surface area contributed by atoms with Crippen LogP contribution in [0.5, 0.6) is 11.5 Å². The van der Waals surface area contributed by atoms with E-state index in [0.29, 0.717) is 12.0 Å². The lowest BCUT2D eigenvalue weighted by Gasteiger charge is -2.17. The molecule has 3 heteroatoms. The van der Waals surface area contributed by atoms with Gasteiger partial charge in [-0.25, -0.2) is 0 Å². The zero-order valence-electron chi connectivity index (χ0n) is 7.78. The first-order valence-electron chi connectivity index (χ1n) is 4.12. The first kappa shape index (κ1) is 9.86. The summed E-state index contributed by atoms with van der Waals surface area (Å²) in [5.41, 5.74) is -0.223. The minimum Gasteiger partial charge on any atom is -0.508 e. The third kappa shape index (κ3) is 2.95. The summed E-state index contributed by atoms with van der Waals surface area (Å²) in [5, 5.41) is 27.9. The van der Waals surface area contributed by atoms with Crippen molar-refractivity contribution < 1.29 is 15.3 Å². The Kier molecular flexibility index (Phi) is 2.48. The van der Waals surface area contributed by atoms with Gasteiger partial charge in [0.2, 0.25) is 0 Å². The van der Waals surface area contributed by atoms with Gasteiger partial charge in [0.05, 0.1) is 5.60 Å². The standard InChI is InChI=1S/C10H14O3/c1-10(2,13)6-7-3-4-8(11)5-9(7)12/h3-5,11-13H,6H2,1-2H3. The van der Waals surface area contributed by atoms with Gasteiger partial charge in [-0.2, -0.15) is 0 Å². The molecule has 1 aromatic carbocycles. The van der Waals surface area contributed by atoms with E-state index < -0.39 is 5.60 Å². The molecular formula is C10H14O3. The Balaban J connectivity index is 2.90. The second kappa shape index (κ2) is 3.26. The van der Waals surface area contributed by atoms with Crippen LogP contribution in [0.3, 0.4) is 0 Å². The van der Waals surface area contributed by atoms with E-state index in [0.717, 1.165) is 0 Å². The molecular weight excluding hydrogens is 168 g/mol. The van der Waals surface area contributed by atoms with Crippen molar-refractivity contribution in [2.75, 3.05) is 0 Å². The van der Waals surface area contributed by atoms with Crippen LogP contribution in [0.15, 0.2) is 18.2 Å². The molecule has 0 aliphatic carbocycles. The molecule has 0 unspecified atom stereocenters. The Morgan fingerprint density at radius 1 is 1.23 bits per heavy atom. The van der Waals surface area contributed by atoms with Crippen LogP contribution >= 0.6 is 0 Å². The van der Waals surface area contributed by atoms with E-state index in [1.54, 1.807) is 19.9 Å². The highest BCUT2D eigenvalue weighted by atomic mass is 16.3. The number of hydrogen-bond acceptors (Lipinski definition) is 3. The molecule has 13 heavy (non-hydrogen) atoms. The molecule has 0 aliphatic rings. The predicted octanol–water partition coefficient (Wildman–Crippen LogP) is 1.41. The van der Waals surface area contributed by atoms with Crippen molar-refractivity contribution in [1.82, 2.24) is 0 Å². The number of aromatic hydroxyl groups is 2. The van der Waals surface area contributed by atoms with Crippen molar-refractivity contribution in [3.63, 3.8) is 0 Å². The lowest BCUT2D eigenvalue weighted by Crippen LogP contribution is -2.21. The monoisotopic (exact) mass is 182 g/mol. The normalized spacial score (nSPS) is 11.6. The number of phenolic OH excluding ortho intramolecular Hbond substituents is 2. The SMILES string of the molecule is CC(C)(O)Cc1ccc(O)cc1O. The largest absolute Gasteiger partial charge is 0.508 e. The van der Waals surface area contributed by atoms with Crippen LogP contribution in [-0.2, 0) is 6.42 Å². The van der Waals surface area contributed by atoms with E-state index in [2.05, 4.69) is 0 Å². The van der Waals surface area contributed by atoms with Gasteiger partial charge < -0.3 is 15.3 Å². The molecule has 1 rings (SSSR count). The molecule has 0 bridgehead atoms. The highest BCUT2D eigenvalue weighted by molar-refractivity contribution is 5.39. The van der Waals surface area contributed by atoms with Gasteiger partial charge in [0.25, 0.3) is 0 Å². The zero-order chi connectivity index (χ0) is 10.1. The first-order valence-corrected chi connectivity index (χ1v) is 4.12. The van der Waals surface area contributed by atoms with Gasteiger partial charge >= 0.3 is 0 Å². The van der Waals surface area contributed by atoms with Crippen molar-refractivity contribution in [3.05, 3.63) is 23.8 Å². The second-order valence-electron chi connectivity index (χ2n) is 3.80. The van der Waals surface area contributed by atoms with Crippen molar-refractivity contribution in [1.29, 1.82) is 0 Å². The minimum atomic E-state index is -0.853. The van der Waals surface area contributed by atoms with E-state index in [9.17, 15) is 10.2 Å². The first-order chi connectivity index (χ1) is 5.88. The molecule has 0 amide bonds. The fraction of sp³-hybridized carbons (Fsp3) is 0.400. The summed E-state index contributed by atoms with van der Waals surface area (Å²) in [4.78, 5) is 0. The summed E-state index contributed by atoms with van der Waals surface area (Å²) >= 11 is 0. The van der Waals surface area contributed by atoms with Crippen LogP contribution < -0.4 is 0 Å². The van der Waals surface area contributed by atoms with Gasteiger partial charge in [0.15, 0.2) is 0 Å². The third-order valence-corrected chi connectivity index (χ3v) is 1.69. The molecule has 0 heterocycles. The van der Waals surface area contributed by atoms with Crippen molar-refractivity contribution >= 4 is 0 Å². The Hall–Kier alpha value is -1.22. The van der Waals surface area contributed by atoms with E-state index >= 15 is 0 Å².